The zero-order valence-electron chi connectivity index (χ0n) is 14.7. The van der Waals surface area contributed by atoms with E-state index < -0.39 is 0 Å². The fourth-order valence-electron chi connectivity index (χ4n) is 2.90. The van der Waals surface area contributed by atoms with E-state index in [0.717, 1.165) is 29.6 Å². The molecule has 0 aliphatic carbocycles. The third kappa shape index (κ3) is 5.38. The van der Waals surface area contributed by atoms with Crippen LogP contribution in [0.1, 0.15) is 33.6 Å². The number of hydrogen-bond acceptors (Lipinski definition) is 4. The Hall–Kier alpha value is -1.27. The molecule has 0 radical (unpaired) electrons. The summed E-state index contributed by atoms with van der Waals surface area (Å²) in [6.07, 6.45) is 2.40. The maximum atomic E-state index is 12.1. The van der Waals surface area contributed by atoms with Gasteiger partial charge in [-0.2, -0.15) is 0 Å². The van der Waals surface area contributed by atoms with Crippen LogP contribution in [0.3, 0.4) is 0 Å². The Kier molecular flexibility index (Phi) is 7.37. The third-order valence-electron chi connectivity index (χ3n) is 4.14. The van der Waals surface area contributed by atoms with E-state index in [1.807, 2.05) is 12.1 Å². The maximum absolute atomic E-state index is 12.1. The van der Waals surface area contributed by atoms with Crippen molar-refractivity contribution in [2.24, 2.45) is 0 Å². The van der Waals surface area contributed by atoms with E-state index in [1.165, 1.54) is 30.3 Å². The first-order chi connectivity index (χ1) is 11.5. The van der Waals surface area contributed by atoms with Crippen molar-refractivity contribution >= 4 is 45.6 Å². The summed E-state index contributed by atoms with van der Waals surface area (Å²) < 4.78 is 0.841. The van der Waals surface area contributed by atoms with Crippen LogP contribution in [0.15, 0.2) is 24.3 Å². The van der Waals surface area contributed by atoms with Gasteiger partial charge in [0.05, 0.1) is 5.75 Å². The van der Waals surface area contributed by atoms with Gasteiger partial charge in [-0.3, -0.25) is 4.79 Å². The van der Waals surface area contributed by atoms with E-state index in [-0.39, 0.29) is 5.91 Å². The van der Waals surface area contributed by atoms with E-state index in [1.54, 1.807) is 0 Å². The minimum absolute atomic E-state index is 0.00879. The van der Waals surface area contributed by atoms with Crippen molar-refractivity contribution in [1.82, 2.24) is 4.90 Å². The molecule has 0 saturated carbocycles. The Morgan fingerprint density at radius 2 is 1.92 bits per heavy atom. The van der Waals surface area contributed by atoms with Crippen LogP contribution in [0, 0.1) is 0 Å². The second-order valence-corrected chi connectivity index (χ2v) is 7.83. The predicted molar refractivity (Wildman–Crippen MR) is 109 cm³/mol. The summed E-state index contributed by atoms with van der Waals surface area (Å²) in [4.78, 5) is 16.6. The van der Waals surface area contributed by atoms with Gasteiger partial charge in [0, 0.05) is 37.1 Å². The summed E-state index contributed by atoms with van der Waals surface area (Å²) in [5.41, 5.74) is 2.01. The molecule has 0 unspecified atom stereocenters. The first kappa shape index (κ1) is 19.1. The fourth-order valence-corrected chi connectivity index (χ4v) is 3.95. The molecule has 0 spiro atoms. The van der Waals surface area contributed by atoms with Crippen LogP contribution in [0.4, 0.5) is 11.4 Å². The number of thiocarbonyl (C=S) groups is 1. The molecule has 1 aromatic carbocycles. The van der Waals surface area contributed by atoms with Gasteiger partial charge >= 0.3 is 0 Å². The molecule has 1 amide bonds. The van der Waals surface area contributed by atoms with E-state index in [4.69, 9.17) is 12.2 Å². The summed E-state index contributed by atoms with van der Waals surface area (Å²) >= 11 is 6.84. The van der Waals surface area contributed by atoms with Gasteiger partial charge in [0.1, 0.15) is 4.32 Å². The maximum Gasteiger partial charge on any atom is 0.234 e. The number of nitrogens with one attached hydrogen (secondary N) is 1. The van der Waals surface area contributed by atoms with Crippen LogP contribution < -0.4 is 10.2 Å². The highest BCUT2D eigenvalue weighted by molar-refractivity contribution is 8.23. The van der Waals surface area contributed by atoms with Crippen LogP contribution in [-0.4, -0.2) is 46.6 Å². The molecule has 0 atom stereocenters. The van der Waals surface area contributed by atoms with Gasteiger partial charge in [-0.15, -0.1) is 0 Å². The quantitative estimate of drug-likeness (QED) is 0.772. The van der Waals surface area contributed by atoms with Crippen molar-refractivity contribution in [1.29, 1.82) is 0 Å². The highest BCUT2D eigenvalue weighted by atomic mass is 32.2. The molecule has 0 aromatic heterocycles. The molecule has 4 nitrogen and oxygen atoms in total. The Bertz CT molecular complexity index is 554. The molecule has 24 heavy (non-hydrogen) atoms. The van der Waals surface area contributed by atoms with Crippen molar-refractivity contribution in [2.75, 3.05) is 35.6 Å². The number of amides is 1. The Morgan fingerprint density at radius 3 is 2.46 bits per heavy atom. The summed E-state index contributed by atoms with van der Waals surface area (Å²) in [6.45, 7) is 9.53. The SMILES string of the molecule is CCN(c1ccc(NC(=O)CSC(=S)N2CCCC2)cc1)C(C)C. The first-order valence-electron chi connectivity index (χ1n) is 8.59. The van der Waals surface area contributed by atoms with Crippen LogP contribution in [0.5, 0.6) is 0 Å². The molecule has 1 aliphatic rings. The summed E-state index contributed by atoms with van der Waals surface area (Å²) in [6, 6.07) is 8.49. The van der Waals surface area contributed by atoms with Crippen molar-refractivity contribution in [3.8, 4) is 0 Å². The monoisotopic (exact) mass is 365 g/mol. The number of anilines is 2. The topological polar surface area (TPSA) is 35.6 Å². The minimum atomic E-state index is -0.00879. The van der Waals surface area contributed by atoms with E-state index in [0.29, 0.717) is 11.8 Å². The third-order valence-corrected chi connectivity index (χ3v) is 5.66. The van der Waals surface area contributed by atoms with Gasteiger partial charge in [0.25, 0.3) is 0 Å². The van der Waals surface area contributed by atoms with Gasteiger partial charge in [-0.25, -0.2) is 0 Å². The molecular formula is C18H27N3OS2. The number of hydrogen-bond donors (Lipinski definition) is 1. The lowest BCUT2D eigenvalue weighted by molar-refractivity contribution is -0.113. The lowest BCUT2D eigenvalue weighted by Gasteiger charge is -2.27. The molecule has 132 valence electrons. The number of carbonyl (C=O) groups is 1. The largest absolute Gasteiger partial charge is 0.369 e. The zero-order chi connectivity index (χ0) is 17.5. The Labute approximate surface area is 155 Å². The van der Waals surface area contributed by atoms with Crippen LogP contribution in [-0.2, 0) is 4.79 Å². The molecule has 0 bridgehead atoms. The highest BCUT2D eigenvalue weighted by Crippen LogP contribution is 2.20. The van der Waals surface area contributed by atoms with Crippen molar-refractivity contribution < 1.29 is 4.79 Å². The molecule has 1 heterocycles. The molecular weight excluding hydrogens is 338 g/mol. The number of benzene rings is 1. The molecule has 1 aliphatic heterocycles. The molecule has 2 rings (SSSR count). The van der Waals surface area contributed by atoms with Crippen molar-refractivity contribution in [3.63, 3.8) is 0 Å². The zero-order valence-corrected chi connectivity index (χ0v) is 16.4. The number of carbonyl (C=O) groups excluding carboxylic acids is 1. The van der Waals surface area contributed by atoms with E-state index in [2.05, 4.69) is 48.0 Å². The second kappa shape index (κ2) is 9.28. The average Bonchev–Trinajstić information content (AvgIpc) is 3.09. The van der Waals surface area contributed by atoms with E-state index in [9.17, 15) is 4.79 Å². The molecule has 1 saturated heterocycles. The van der Waals surface area contributed by atoms with Crippen molar-refractivity contribution in [2.45, 2.75) is 39.7 Å². The van der Waals surface area contributed by atoms with Gasteiger partial charge in [0.15, 0.2) is 0 Å². The number of rotatable bonds is 6. The number of thioether (sulfide) groups is 1. The van der Waals surface area contributed by atoms with Gasteiger partial charge in [-0.05, 0) is 57.9 Å². The lowest BCUT2D eigenvalue weighted by atomic mass is 10.2. The summed E-state index contributed by atoms with van der Waals surface area (Å²) in [5, 5.41) is 2.94. The summed E-state index contributed by atoms with van der Waals surface area (Å²) in [7, 11) is 0. The van der Waals surface area contributed by atoms with Crippen LogP contribution in [0.2, 0.25) is 0 Å². The Balaban J connectivity index is 1.82. The van der Waals surface area contributed by atoms with Gasteiger partial charge in [-0.1, -0.05) is 24.0 Å². The van der Waals surface area contributed by atoms with Crippen LogP contribution in [0.25, 0.3) is 0 Å². The van der Waals surface area contributed by atoms with Gasteiger partial charge in [0.2, 0.25) is 5.91 Å². The molecule has 1 N–H and O–H groups in total. The highest BCUT2D eigenvalue weighted by Gasteiger charge is 2.16. The Morgan fingerprint density at radius 1 is 1.29 bits per heavy atom. The molecule has 6 heteroatoms. The first-order valence-corrected chi connectivity index (χ1v) is 9.99. The molecule has 1 aromatic rings. The lowest BCUT2D eigenvalue weighted by Crippen LogP contribution is -2.30. The molecule has 1 fully saturated rings. The number of nitrogens with zero attached hydrogens (tertiary/aromatic N) is 2. The fraction of sp³-hybridized carbons (Fsp3) is 0.556. The van der Waals surface area contributed by atoms with Crippen molar-refractivity contribution in [3.05, 3.63) is 24.3 Å². The summed E-state index contributed by atoms with van der Waals surface area (Å²) in [5.74, 6) is 0.356. The van der Waals surface area contributed by atoms with Crippen LogP contribution >= 0.6 is 24.0 Å². The average molecular weight is 366 g/mol. The van der Waals surface area contributed by atoms with E-state index >= 15 is 0 Å². The smallest absolute Gasteiger partial charge is 0.234 e. The van der Waals surface area contributed by atoms with Gasteiger partial charge < -0.3 is 15.1 Å². The predicted octanol–water partition coefficient (Wildman–Crippen LogP) is 3.97. The normalized spacial score (nSPS) is 14.1. The minimum Gasteiger partial charge on any atom is -0.369 e. The second-order valence-electron chi connectivity index (χ2n) is 6.22. The number of likely N-dealkylation sites (tertiary alicyclic amines) is 1. The standard InChI is InChI=1S/C18H27N3OS2/c1-4-21(14(2)3)16-9-7-15(8-10-16)19-17(22)13-24-18(23)20-11-5-6-12-20/h7-10,14H,4-6,11-13H2,1-3H3,(H,19,22).